The third-order valence-electron chi connectivity index (χ3n) is 5.38. The number of rotatable bonds is 5. The number of hydrogen-bond donors (Lipinski definition) is 1. The Balaban J connectivity index is 1.43. The molecule has 152 valence electrons. The third-order valence-corrected chi connectivity index (χ3v) is 5.75. The molecule has 3 aromatic heterocycles. The minimum Gasteiger partial charge on any atom is -0.354 e. The van der Waals surface area contributed by atoms with Crippen molar-refractivity contribution in [3.63, 3.8) is 0 Å². The summed E-state index contributed by atoms with van der Waals surface area (Å²) in [6.07, 6.45) is 11.0. The molecular formula is C22H22ClN7. The number of imidazole rings is 1. The van der Waals surface area contributed by atoms with Crippen LogP contribution in [0.4, 0.5) is 11.8 Å². The predicted molar refractivity (Wildman–Crippen MR) is 119 cm³/mol. The van der Waals surface area contributed by atoms with Crippen molar-refractivity contribution in [2.75, 3.05) is 23.3 Å². The monoisotopic (exact) mass is 419 g/mol. The van der Waals surface area contributed by atoms with Crippen LogP contribution in [0.15, 0.2) is 55.1 Å². The maximum absolute atomic E-state index is 6.24. The molecule has 1 saturated heterocycles. The number of anilines is 2. The molecule has 4 aromatic rings. The SMILES string of the molecule is Clc1ccccc1CNc1nccc(-c2cnc3c(N4CCCCC4)nccn23)n1. The van der Waals surface area contributed by atoms with Gasteiger partial charge in [0.05, 0.1) is 17.6 Å². The third kappa shape index (κ3) is 3.68. The number of aromatic nitrogens is 5. The fourth-order valence-corrected chi connectivity index (χ4v) is 4.03. The lowest BCUT2D eigenvalue weighted by molar-refractivity contribution is 0.574. The van der Waals surface area contributed by atoms with E-state index in [0.717, 1.165) is 46.5 Å². The highest BCUT2D eigenvalue weighted by atomic mass is 35.5. The van der Waals surface area contributed by atoms with Crippen LogP contribution in [0.1, 0.15) is 24.8 Å². The Morgan fingerprint density at radius 3 is 2.70 bits per heavy atom. The summed E-state index contributed by atoms with van der Waals surface area (Å²) in [5, 5.41) is 3.98. The Kier molecular flexibility index (Phi) is 5.19. The van der Waals surface area contributed by atoms with E-state index in [0.29, 0.717) is 12.5 Å². The molecule has 8 heteroatoms. The highest BCUT2D eigenvalue weighted by Crippen LogP contribution is 2.26. The van der Waals surface area contributed by atoms with Crippen LogP contribution in [0, 0.1) is 0 Å². The van der Waals surface area contributed by atoms with Gasteiger partial charge >= 0.3 is 0 Å². The number of nitrogens with zero attached hydrogens (tertiary/aromatic N) is 6. The summed E-state index contributed by atoms with van der Waals surface area (Å²) in [6.45, 7) is 2.61. The molecule has 0 radical (unpaired) electrons. The van der Waals surface area contributed by atoms with Crippen molar-refractivity contribution < 1.29 is 0 Å². The first-order valence-electron chi connectivity index (χ1n) is 10.2. The molecular weight excluding hydrogens is 398 g/mol. The fourth-order valence-electron chi connectivity index (χ4n) is 3.83. The number of halogens is 1. The van der Waals surface area contributed by atoms with Gasteiger partial charge in [-0.1, -0.05) is 29.8 Å². The Morgan fingerprint density at radius 1 is 0.967 bits per heavy atom. The second-order valence-corrected chi connectivity index (χ2v) is 7.75. The lowest BCUT2D eigenvalue weighted by Gasteiger charge is -2.27. The van der Waals surface area contributed by atoms with Crippen molar-refractivity contribution in [2.45, 2.75) is 25.8 Å². The molecule has 0 aliphatic carbocycles. The summed E-state index contributed by atoms with van der Waals surface area (Å²) in [4.78, 5) is 20.6. The molecule has 1 aliphatic rings. The zero-order valence-corrected chi connectivity index (χ0v) is 17.3. The van der Waals surface area contributed by atoms with E-state index < -0.39 is 0 Å². The Morgan fingerprint density at radius 2 is 1.83 bits per heavy atom. The van der Waals surface area contributed by atoms with Gasteiger partial charge < -0.3 is 10.2 Å². The quantitative estimate of drug-likeness (QED) is 0.515. The molecule has 1 aromatic carbocycles. The fraction of sp³-hybridized carbons (Fsp3) is 0.273. The maximum Gasteiger partial charge on any atom is 0.223 e. The van der Waals surface area contributed by atoms with Crippen LogP contribution in [-0.4, -0.2) is 37.4 Å². The minimum atomic E-state index is 0.549. The highest BCUT2D eigenvalue weighted by Gasteiger charge is 2.18. The zero-order valence-electron chi connectivity index (χ0n) is 16.5. The Bertz CT molecular complexity index is 1170. The average molecular weight is 420 g/mol. The molecule has 0 unspecified atom stereocenters. The van der Waals surface area contributed by atoms with Gasteiger partial charge in [0.15, 0.2) is 11.5 Å². The molecule has 7 nitrogen and oxygen atoms in total. The summed E-state index contributed by atoms with van der Waals surface area (Å²) in [5.41, 5.74) is 3.57. The molecule has 0 bridgehead atoms. The van der Waals surface area contributed by atoms with Gasteiger partial charge in [-0.2, -0.15) is 0 Å². The molecule has 0 spiro atoms. The summed E-state index contributed by atoms with van der Waals surface area (Å²) in [7, 11) is 0. The summed E-state index contributed by atoms with van der Waals surface area (Å²) < 4.78 is 2.05. The van der Waals surface area contributed by atoms with Crippen molar-refractivity contribution >= 4 is 29.0 Å². The number of benzene rings is 1. The molecule has 0 atom stereocenters. The Labute approximate surface area is 179 Å². The molecule has 1 aliphatic heterocycles. The van der Waals surface area contributed by atoms with Crippen molar-refractivity contribution in [2.24, 2.45) is 0 Å². The van der Waals surface area contributed by atoms with Gasteiger partial charge in [-0.15, -0.1) is 0 Å². The zero-order chi connectivity index (χ0) is 20.3. The van der Waals surface area contributed by atoms with Gasteiger partial charge in [0, 0.05) is 43.2 Å². The van der Waals surface area contributed by atoms with Crippen LogP contribution in [0.3, 0.4) is 0 Å². The number of hydrogen-bond acceptors (Lipinski definition) is 6. The molecule has 1 N–H and O–H groups in total. The van der Waals surface area contributed by atoms with Crippen molar-refractivity contribution in [3.8, 4) is 11.4 Å². The first-order valence-corrected chi connectivity index (χ1v) is 10.5. The van der Waals surface area contributed by atoms with Gasteiger partial charge in [-0.25, -0.2) is 19.9 Å². The van der Waals surface area contributed by atoms with Gasteiger partial charge in [-0.3, -0.25) is 4.40 Å². The van der Waals surface area contributed by atoms with E-state index in [9.17, 15) is 0 Å². The smallest absolute Gasteiger partial charge is 0.223 e. The van der Waals surface area contributed by atoms with E-state index in [2.05, 4.69) is 29.6 Å². The lowest BCUT2D eigenvalue weighted by atomic mass is 10.1. The van der Waals surface area contributed by atoms with Crippen LogP contribution in [-0.2, 0) is 6.54 Å². The van der Waals surface area contributed by atoms with Gasteiger partial charge in [0.2, 0.25) is 5.95 Å². The predicted octanol–water partition coefficient (Wildman–Crippen LogP) is 4.44. The molecule has 0 amide bonds. The van der Waals surface area contributed by atoms with E-state index in [1.54, 1.807) is 6.20 Å². The van der Waals surface area contributed by atoms with Crippen LogP contribution in [0.5, 0.6) is 0 Å². The van der Waals surface area contributed by atoms with Crippen LogP contribution >= 0.6 is 11.6 Å². The standard InChI is InChI=1S/C22H22ClN7/c23-17-7-3-2-6-16(17)14-27-22-25-9-8-18(28-22)19-15-26-21-20(24-10-13-30(19)21)29-11-4-1-5-12-29/h2-3,6-10,13,15H,1,4-5,11-12,14H2,(H,25,27,28). The normalized spacial score (nSPS) is 14.2. The first-order chi connectivity index (χ1) is 14.8. The van der Waals surface area contributed by atoms with Crippen LogP contribution in [0.25, 0.3) is 17.0 Å². The lowest BCUT2D eigenvalue weighted by Crippen LogP contribution is -2.30. The van der Waals surface area contributed by atoms with E-state index in [4.69, 9.17) is 16.6 Å². The van der Waals surface area contributed by atoms with Crippen molar-refractivity contribution in [3.05, 3.63) is 65.7 Å². The molecule has 4 heterocycles. The largest absolute Gasteiger partial charge is 0.354 e. The van der Waals surface area contributed by atoms with Crippen molar-refractivity contribution in [1.29, 1.82) is 0 Å². The number of fused-ring (bicyclic) bond motifs is 1. The van der Waals surface area contributed by atoms with E-state index in [-0.39, 0.29) is 0 Å². The molecule has 30 heavy (non-hydrogen) atoms. The molecule has 0 saturated carbocycles. The summed E-state index contributed by atoms with van der Waals surface area (Å²) in [6, 6.07) is 9.64. The maximum atomic E-state index is 6.24. The van der Waals surface area contributed by atoms with Gasteiger partial charge in [0.1, 0.15) is 0 Å². The van der Waals surface area contributed by atoms with Crippen LogP contribution in [0.2, 0.25) is 5.02 Å². The van der Waals surface area contributed by atoms with E-state index >= 15 is 0 Å². The van der Waals surface area contributed by atoms with E-state index in [1.165, 1.54) is 19.3 Å². The number of nitrogens with one attached hydrogen (secondary N) is 1. The van der Waals surface area contributed by atoms with Crippen LogP contribution < -0.4 is 10.2 Å². The number of piperidine rings is 1. The first kappa shape index (κ1) is 18.8. The van der Waals surface area contributed by atoms with Crippen molar-refractivity contribution in [1.82, 2.24) is 24.3 Å². The van der Waals surface area contributed by atoms with E-state index in [1.807, 2.05) is 48.9 Å². The summed E-state index contributed by atoms with van der Waals surface area (Å²) in [5.74, 6) is 1.49. The second kappa shape index (κ2) is 8.28. The molecule has 1 fully saturated rings. The highest BCUT2D eigenvalue weighted by molar-refractivity contribution is 6.31. The topological polar surface area (TPSA) is 71.2 Å². The molecule has 5 rings (SSSR count). The van der Waals surface area contributed by atoms with Gasteiger partial charge in [0.25, 0.3) is 0 Å². The Hall–Kier alpha value is -3.19. The second-order valence-electron chi connectivity index (χ2n) is 7.35. The van der Waals surface area contributed by atoms with Gasteiger partial charge in [-0.05, 0) is 37.0 Å². The average Bonchev–Trinajstić information content (AvgIpc) is 3.24. The minimum absolute atomic E-state index is 0.549. The summed E-state index contributed by atoms with van der Waals surface area (Å²) >= 11 is 6.24.